The average Bonchev–Trinajstić information content (AvgIpc) is 2.47. The van der Waals surface area contributed by atoms with Crippen LogP contribution in [0.4, 0.5) is 10.1 Å². The van der Waals surface area contributed by atoms with E-state index in [-0.39, 0.29) is 5.69 Å². The third kappa shape index (κ3) is 2.58. The molecule has 0 atom stereocenters. The van der Waals surface area contributed by atoms with Crippen molar-refractivity contribution in [2.45, 2.75) is 6.92 Å². The number of carbonyl (C=O) groups is 1. The highest BCUT2D eigenvalue weighted by Crippen LogP contribution is 2.22. The number of hydrogen-bond donors (Lipinski definition) is 1. The highest BCUT2D eigenvalue weighted by molar-refractivity contribution is 6.07. The number of hydrogen-bond acceptors (Lipinski definition) is 3. The predicted octanol–water partition coefficient (Wildman–Crippen LogP) is 3.33. The van der Waals surface area contributed by atoms with Gasteiger partial charge in [0.05, 0.1) is 11.2 Å². The van der Waals surface area contributed by atoms with E-state index >= 15 is 0 Å². The second-order valence-electron chi connectivity index (χ2n) is 4.67. The lowest BCUT2D eigenvalue weighted by molar-refractivity contribution is 0.101. The molecule has 0 radical (unpaired) electrons. The number of benzene rings is 1. The standard InChI is InChI=1S/C16H12FN3O/c1-10-8-12(17)15(19-9-10)16(21)20-14-6-2-5-13-11(14)4-3-7-18-13/h2-9H,1H3,(H,20,21). The van der Waals surface area contributed by atoms with Crippen molar-refractivity contribution in [3.63, 3.8) is 0 Å². The summed E-state index contributed by atoms with van der Waals surface area (Å²) in [5, 5.41) is 3.47. The van der Waals surface area contributed by atoms with E-state index in [0.29, 0.717) is 11.3 Å². The maximum atomic E-state index is 13.8. The Balaban J connectivity index is 1.97. The van der Waals surface area contributed by atoms with Crippen molar-refractivity contribution in [3.05, 3.63) is 65.9 Å². The molecule has 4 nitrogen and oxygen atoms in total. The molecule has 0 aliphatic rings. The second-order valence-corrected chi connectivity index (χ2v) is 4.67. The van der Waals surface area contributed by atoms with Gasteiger partial charge in [0, 0.05) is 17.8 Å². The van der Waals surface area contributed by atoms with Crippen molar-refractivity contribution in [1.29, 1.82) is 0 Å². The normalized spacial score (nSPS) is 10.6. The molecule has 5 heteroatoms. The highest BCUT2D eigenvalue weighted by Gasteiger charge is 2.14. The number of aryl methyl sites for hydroxylation is 1. The van der Waals surface area contributed by atoms with Gasteiger partial charge in [-0.3, -0.25) is 9.78 Å². The van der Waals surface area contributed by atoms with Gasteiger partial charge in [0.2, 0.25) is 0 Å². The Kier molecular flexibility index (Phi) is 3.31. The first-order valence-corrected chi connectivity index (χ1v) is 6.42. The van der Waals surface area contributed by atoms with E-state index in [2.05, 4.69) is 15.3 Å². The molecule has 0 fully saturated rings. The van der Waals surface area contributed by atoms with Crippen LogP contribution in [0.25, 0.3) is 10.9 Å². The Morgan fingerprint density at radius 3 is 2.86 bits per heavy atom. The van der Waals surface area contributed by atoms with E-state index in [9.17, 15) is 9.18 Å². The monoisotopic (exact) mass is 281 g/mol. The number of pyridine rings is 2. The van der Waals surface area contributed by atoms with Crippen molar-refractivity contribution in [2.75, 3.05) is 5.32 Å². The van der Waals surface area contributed by atoms with Gasteiger partial charge in [-0.15, -0.1) is 0 Å². The van der Waals surface area contributed by atoms with Gasteiger partial charge in [0.1, 0.15) is 0 Å². The summed E-state index contributed by atoms with van der Waals surface area (Å²) in [6.07, 6.45) is 3.14. The Hall–Kier alpha value is -2.82. The molecular weight excluding hydrogens is 269 g/mol. The van der Waals surface area contributed by atoms with Crippen LogP contribution in [0.2, 0.25) is 0 Å². The zero-order chi connectivity index (χ0) is 14.8. The molecular formula is C16H12FN3O. The van der Waals surface area contributed by atoms with Crippen molar-refractivity contribution in [2.24, 2.45) is 0 Å². The SMILES string of the molecule is Cc1cnc(C(=O)Nc2cccc3ncccc23)c(F)c1. The van der Waals surface area contributed by atoms with Gasteiger partial charge in [0.25, 0.3) is 5.91 Å². The number of aromatic nitrogens is 2. The molecule has 1 aromatic carbocycles. The largest absolute Gasteiger partial charge is 0.320 e. The lowest BCUT2D eigenvalue weighted by Gasteiger charge is -2.08. The molecule has 1 N–H and O–H groups in total. The second kappa shape index (κ2) is 5.28. The summed E-state index contributed by atoms with van der Waals surface area (Å²) in [5.41, 5.74) is 1.78. The topological polar surface area (TPSA) is 54.9 Å². The van der Waals surface area contributed by atoms with E-state index in [1.54, 1.807) is 31.3 Å². The summed E-state index contributed by atoms with van der Waals surface area (Å²) < 4.78 is 13.8. The third-order valence-corrected chi connectivity index (χ3v) is 3.09. The van der Waals surface area contributed by atoms with Gasteiger partial charge in [-0.05, 0) is 42.8 Å². The molecule has 0 aliphatic carbocycles. The number of halogens is 1. The fourth-order valence-electron chi connectivity index (χ4n) is 2.09. The van der Waals surface area contributed by atoms with Crippen LogP contribution in [0, 0.1) is 12.7 Å². The Bertz CT molecular complexity index is 827. The maximum absolute atomic E-state index is 13.8. The Morgan fingerprint density at radius 1 is 1.19 bits per heavy atom. The van der Waals surface area contributed by atoms with Crippen LogP contribution in [-0.4, -0.2) is 15.9 Å². The molecule has 0 spiro atoms. The molecule has 3 aromatic rings. The molecule has 2 aromatic heterocycles. The van der Waals surface area contributed by atoms with Crippen molar-refractivity contribution < 1.29 is 9.18 Å². The predicted molar refractivity (Wildman–Crippen MR) is 78.6 cm³/mol. The van der Waals surface area contributed by atoms with Gasteiger partial charge in [-0.25, -0.2) is 9.37 Å². The number of nitrogens with zero attached hydrogens (tertiary/aromatic N) is 2. The van der Waals surface area contributed by atoms with Crippen LogP contribution in [0.5, 0.6) is 0 Å². The molecule has 1 amide bonds. The average molecular weight is 281 g/mol. The molecule has 0 unspecified atom stereocenters. The first-order valence-electron chi connectivity index (χ1n) is 6.42. The lowest BCUT2D eigenvalue weighted by atomic mass is 10.1. The Labute approximate surface area is 120 Å². The van der Waals surface area contributed by atoms with Gasteiger partial charge in [0.15, 0.2) is 11.5 Å². The third-order valence-electron chi connectivity index (χ3n) is 3.09. The fraction of sp³-hybridized carbons (Fsp3) is 0.0625. The summed E-state index contributed by atoms with van der Waals surface area (Å²) in [7, 11) is 0. The number of rotatable bonds is 2. The highest BCUT2D eigenvalue weighted by atomic mass is 19.1. The van der Waals surface area contributed by atoms with Crippen LogP contribution in [-0.2, 0) is 0 Å². The summed E-state index contributed by atoms with van der Waals surface area (Å²) in [5.74, 6) is -1.21. The first-order chi connectivity index (χ1) is 10.1. The lowest BCUT2D eigenvalue weighted by Crippen LogP contribution is -2.16. The van der Waals surface area contributed by atoms with Crippen molar-refractivity contribution in [3.8, 4) is 0 Å². The minimum atomic E-state index is -0.633. The molecule has 21 heavy (non-hydrogen) atoms. The van der Waals surface area contributed by atoms with E-state index in [1.165, 1.54) is 12.3 Å². The van der Waals surface area contributed by atoms with Crippen LogP contribution in [0.1, 0.15) is 16.1 Å². The van der Waals surface area contributed by atoms with Gasteiger partial charge >= 0.3 is 0 Å². The number of amides is 1. The van der Waals surface area contributed by atoms with Crippen molar-refractivity contribution >= 4 is 22.5 Å². The zero-order valence-corrected chi connectivity index (χ0v) is 11.3. The van der Waals surface area contributed by atoms with E-state index in [4.69, 9.17) is 0 Å². The van der Waals surface area contributed by atoms with Gasteiger partial charge < -0.3 is 5.32 Å². The smallest absolute Gasteiger partial charge is 0.277 e. The quantitative estimate of drug-likeness (QED) is 0.784. The summed E-state index contributed by atoms with van der Waals surface area (Å²) >= 11 is 0. The Morgan fingerprint density at radius 2 is 2.05 bits per heavy atom. The fourth-order valence-corrected chi connectivity index (χ4v) is 2.09. The number of anilines is 1. The van der Waals surface area contributed by atoms with Gasteiger partial charge in [-0.2, -0.15) is 0 Å². The van der Waals surface area contributed by atoms with Gasteiger partial charge in [-0.1, -0.05) is 6.07 Å². The molecule has 2 heterocycles. The van der Waals surface area contributed by atoms with E-state index < -0.39 is 11.7 Å². The first kappa shape index (κ1) is 13.2. The van der Waals surface area contributed by atoms with Crippen LogP contribution < -0.4 is 5.32 Å². The molecule has 0 aliphatic heterocycles. The molecule has 0 bridgehead atoms. The number of carbonyl (C=O) groups excluding carboxylic acids is 1. The summed E-state index contributed by atoms with van der Waals surface area (Å²) in [4.78, 5) is 20.2. The van der Waals surface area contributed by atoms with Crippen LogP contribution in [0.3, 0.4) is 0 Å². The molecule has 0 saturated carbocycles. The number of nitrogens with one attached hydrogen (secondary N) is 1. The minimum Gasteiger partial charge on any atom is -0.320 e. The summed E-state index contributed by atoms with van der Waals surface area (Å²) in [6, 6.07) is 10.3. The van der Waals surface area contributed by atoms with E-state index in [0.717, 1.165) is 10.9 Å². The van der Waals surface area contributed by atoms with Crippen LogP contribution in [0.15, 0.2) is 48.8 Å². The minimum absolute atomic E-state index is 0.221. The van der Waals surface area contributed by atoms with Crippen LogP contribution >= 0.6 is 0 Å². The maximum Gasteiger partial charge on any atom is 0.277 e. The molecule has 0 saturated heterocycles. The molecule has 3 rings (SSSR count). The summed E-state index contributed by atoms with van der Waals surface area (Å²) in [6.45, 7) is 1.72. The van der Waals surface area contributed by atoms with E-state index in [1.807, 2.05) is 12.1 Å². The zero-order valence-electron chi connectivity index (χ0n) is 11.3. The van der Waals surface area contributed by atoms with Crippen molar-refractivity contribution in [1.82, 2.24) is 9.97 Å². The molecule has 104 valence electrons. The number of fused-ring (bicyclic) bond motifs is 1.